The van der Waals surface area contributed by atoms with Crippen molar-refractivity contribution in [1.29, 1.82) is 0 Å². The van der Waals surface area contributed by atoms with E-state index in [1.165, 1.54) is 6.07 Å². The first-order chi connectivity index (χ1) is 9.49. The summed E-state index contributed by atoms with van der Waals surface area (Å²) in [4.78, 5) is 35.8. The van der Waals surface area contributed by atoms with Crippen molar-refractivity contribution in [2.24, 2.45) is 5.92 Å². The number of amides is 1. The Balaban J connectivity index is 1.89. The van der Waals surface area contributed by atoms with E-state index < -0.39 is 11.9 Å². The van der Waals surface area contributed by atoms with E-state index in [9.17, 15) is 14.4 Å². The third kappa shape index (κ3) is 3.07. The largest absolute Gasteiger partial charge is 0.481 e. The van der Waals surface area contributed by atoms with E-state index in [4.69, 9.17) is 5.11 Å². The summed E-state index contributed by atoms with van der Waals surface area (Å²) in [5.74, 6) is -1.63. The van der Waals surface area contributed by atoms with Crippen LogP contribution in [-0.2, 0) is 16.1 Å². The number of hydrogen-bond donors (Lipinski definition) is 1. The Morgan fingerprint density at radius 2 is 2.10 bits per heavy atom. The van der Waals surface area contributed by atoms with Crippen molar-refractivity contribution in [3.05, 3.63) is 34.2 Å². The van der Waals surface area contributed by atoms with Crippen molar-refractivity contribution < 1.29 is 14.7 Å². The highest BCUT2D eigenvalue weighted by atomic mass is 16.4. The number of aryl methyl sites for hydroxylation is 1. The van der Waals surface area contributed by atoms with Gasteiger partial charge in [0.15, 0.2) is 0 Å². The molecule has 1 amide bonds. The molecular weight excluding hydrogens is 260 g/mol. The lowest BCUT2D eigenvalue weighted by atomic mass is 10.1. The first-order valence-corrected chi connectivity index (χ1v) is 6.66. The van der Waals surface area contributed by atoms with Crippen molar-refractivity contribution in [2.75, 3.05) is 13.1 Å². The smallest absolute Gasteiger partial charge is 0.308 e. The Bertz CT molecular complexity index is 579. The number of carbonyl (C=O) groups excluding carboxylic acids is 1. The second-order valence-electron chi connectivity index (χ2n) is 5.09. The highest BCUT2D eigenvalue weighted by Gasteiger charge is 2.33. The summed E-state index contributed by atoms with van der Waals surface area (Å²) in [6.45, 7) is 3.16. The summed E-state index contributed by atoms with van der Waals surface area (Å²) in [7, 11) is 0. The number of aromatic nitrogens is 1. The number of carboxylic acid groups (broad SMARTS) is 1. The van der Waals surface area contributed by atoms with E-state index in [-0.39, 0.29) is 24.4 Å². The van der Waals surface area contributed by atoms with Gasteiger partial charge in [-0.25, -0.2) is 0 Å². The van der Waals surface area contributed by atoms with Crippen LogP contribution in [0.5, 0.6) is 0 Å². The maximum Gasteiger partial charge on any atom is 0.308 e. The van der Waals surface area contributed by atoms with Gasteiger partial charge in [0.2, 0.25) is 5.91 Å². The Hall–Kier alpha value is -2.11. The van der Waals surface area contributed by atoms with Gasteiger partial charge in [-0.2, -0.15) is 0 Å². The molecule has 1 aromatic heterocycles. The molecule has 1 aromatic rings. The number of hydrogen-bond acceptors (Lipinski definition) is 3. The molecule has 0 spiro atoms. The topological polar surface area (TPSA) is 79.6 Å². The third-order valence-corrected chi connectivity index (χ3v) is 3.64. The Kier molecular flexibility index (Phi) is 4.22. The summed E-state index contributed by atoms with van der Waals surface area (Å²) >= 11 is 0. The van der Waals surface area contributed by atoms with Gasteiger partial charge in [0.05, 0.1) is 5.92 Å². The first kappa shape index (κ1) is 14.3. The standard InChI is InChI=1S/C14H18N2O4/c1-10-4-2-5-12(17)16(10)7-3-6-15-9-11(14(19)20)8-13(15)18/h2,4-5,11H,3,6-9H2,1H3,(H,19,20). The predicted molar refractivity (Wildman–Crippen MR) is 72.4 cm³/mol. The van der Waals surface area contributed by atoms with Gasteiger partial charge in [0.1, 0.15) is 0 Å². The van der Waals surface area contributed by atoms with Crippen LogP contribution in [0.4, 0.5) is 0 Å². The third-order valence-electron chi connectivity index (χ3n) is 3.64. The molecule has 0 aromatic carbocycles. The molecule has 1 atom stereocenters. The van der Waals surface area contributed by atoms with Crippen LogP contribution in [0.1, 0.15) is 18.5 Å². The molecule has 1 saturated heterocycles. The van der Waals surface area contributed by atoms with E-state index in [1.54, 1.807) is 15.5 Å². The molecule has 1 fully saturated rings. The number of pyridine rings is 1. The van der Waals surface area contributed by atoms with Crippen LogP contribution in [0.2, 0.25) is 0 Å². The molecule has 0 bridgehead atoms. The molecule has 6 heteroatoms. The van der Waals surface area contributed by atoms with Crippen LogP contribution < -0.4 is 5.56 Å². The van der Waals surface area contributed by atoms with Gasteiger partial charge in [-0.15, -0.1) is 0 Å². The summed E-state index contributed by atoms with van der Waals surface area (Å²) in [6, 6.07) is 5.09. The van der Waals surface area contributed by atoms with Crippen molar-refractivity contribution in [3.63, 3.8) is 0 Å². The second-order valence-corrected chi connectivity index (χ2v) is 5.09. The van der Waals surface area contributed by atoms with Crippen LogP contribution in [-0.4, -0.2) is 39.5 Å². The number of likely N-dealkylation sites (tertiary alicyclic amines) is 1. The summed E-state index contributed by atoms with van der Waals surface area (Å²) in [6.07, 6.45) is 0.725. The number of aliphatic carboxylic acids is 1. The van der Waals surface area contributed by atoms with Gasteiger partial charge in [-0.05, 0) is 19.4 Å². The van der Waals surface area contributed by atoms with Crippen LogP contribution in [0.3, 0.4) is 0 Å². The number of nitrogens with zero attached hydrogens (tertiary/aromatic N) is 2. The molecule has 1 aliphatic rings. The highest BCUT2D eigenvalue weighted by molar-refractivity contribution is 5.86. The molecule has 1 N–H and O–H groups in total. The summed E-state index contributed by atoms with van der Waals surface area (Å²) in [5, 5.41) is 8.90. The normalized spacial score (nSPS) is 18.6. The molecule has 2 heterocycles. The predicted octanol–water partition coefficient (Wildman–Crippen LogP) is 0.480. The molecule has 1 aliphatic heterocycles. The molecule has 2 rings (SSSR count). The van der Waals surface area contributed by atoms with E-state index in [1.807, 2.05) is 13.0 Å². The molecule has 0 saturated carbocycles. The average molecular weight is 278 g/mol. The number of rotatable bonds is 5. The van der Waals surface area contributed by atoms with Crippen molar-refractivity contribution in [3.8, 4) is 0 Å². The van der Waals surface area contributed by atoms with Crippen LogP contribution in [0.25, 0.3) is 0 Å². The van der Waals surface area contributed by atoms with Crippen LogP contribution in [0, 0.1) is 12.8 Å². The number of carbonyl (C=O) groups is 2. The fourth-order valence-electron chi connectivity index (χ4n) is 2.48. The van der Waals surface area contributed by atoms with Gasteiger partial charge >= 0.3 is 5.97 Å². The van der Waals surface area contributed by atoms with E-state index in [0.717, 1.165) is 5.69 Å². The quantitative estimate of drug-likeness (QED) is 0.849. The lowest BCUT2D eigenvalue weighted by Gasteiger charge is -2.16. The lowest BCUT2D eigenvalue weighted by Crippen LogP contribution is -2.29. The maximum atomic E-state index is 11.7. The summed E-state index contributed by atoms with van der Waals surface area (Å²) in [5.41, 5.74) is 0.829. The lowest BCUT2D eigenvalue weighted by molar-refractivity contribution is -0.141. The Morgan fingerprint density at radius 3 is 2.70 bits per heavy atom. The minimum atomic E-state index is -0.920. The van der Waals surface area contributed by atoms with Gasteiger partial charge in [-0.1, -0.05) is 6.07 Å². The Morgan fingerprint density at radius 1 is 1.35 bits per heavy atom. The monoisotopic (exact) mass is 278 g/mol. The molecule has 1 unspecified atom stereocenters. The molecule has 20 heavy (non-hydrogen) atoms. The van der Waals surface area contributed by atoms with Crippen molar-refractivity contribution >= 4 is 11.9 Å². The minimum Gasteiger partial charge on any atom is -0.481 e. The van der Waals surface area contributed by atoms with Crippen LogP contribution in [0.15, 0.2) is 23.0 Å². The molecular formula is C14H18N2O4. The van der Waals surface area contributed by atoms with Gasteiger partial charge < -0.3 is 14.6 Å². The van der Waals surface area contributed by atoms with Crippen molar-refractivity contribution in [2.45, 2.75) is 26.3 Å². The van der Waals surface area contributed by atoms with E-state index >= 15 is 0 Å². The number of carboxylic acids is 1. The van der Waals surface area contributed by atoms with Gasteiger partial charge in [-0.3, -0.25) is 14.4 Å². The fraction of sp³-hybridized carbons (Fsp3) is 0.500. The van der Waals surface area contributed by atoms with E-state index in [0.29, 0.717) is 19.5 Å². The van der Waals surface area contributed by atoms with Crippen molar-refractivity contribution in [1.82, 2.24) is 9.47 Å². The molecule has 6 nitrogen and oxygen atoms in total. The SMILES string of the molecule is Cc1cccc(=O)n1CCCN1CC(C(=O)O)CC1=O. The Labute approximate surface area is 116 Å². The van der Waals surface area contributed by atoms with E-state index in [2.05, 4.69) is 0 Å². The maximum absolute atomic E-state index is 11.7. The van der Waals surface area contributed by atoms with Gasteiger partial charge in [0.25, 0.3) is 5.56 Å². The zero-order chi connectivity index (χ0) is 14.7. The molecule has 0 radical (unpaired) electrons. The first-order valence-electron chi connectivity index (χ1n) is 6.66. The van der Waals surface area contributed by atoms with Crippen LogP contribution >= 0.6 is 0 Å². The highest BCUT2D eigenvalue weighted by Crippen LogP contribution is 2.18. The molecule has 0 aliphatic carbocycles. The zero-order valence-electron chi connectivity index (χ0n) is 11.4. The second kappa shape index (κ2) is 5.90. The summed E-state index contributed by atoms with van der Waals surface area (Å²) < 4.78 is 1.66. The molecule has 108 valence electrons. The average Bonchev–Trinajstić information content (AvgIpc) is 2.75. The minimum absolute atomic E-state index is 0.0545. The fourth-order valence-corrected chi connectivity index (χ4v) is 2.48. The zero-order valence-corrected chi connectivity index (χ0v) is 11.4. The van der Waals surface area contributed by atoms with Gasteiger partial charge in [0, 0.05) is 37.8 Å².